The Labute approximate surface area is 280 Å². The number of phosphoric ester groups is 1. The van der Waals surface area contributed by atoms with Gasteiger partial charge in [0, 0.05) is 0 Å². The number of unbranched alkanes of at least 4 members (excludes halogenated alkanes) is 11. The van der Waals surface area contributed by atoms with Gasteiger partial charge < -0.3 is 46.0 Å². The first-order valence-electron chi connectivity index (χ1n) is 17.4. The van der Waals surface area contributed by atoms with Gasteiger partial charge >= 0.3 is 7.82 Å². The maximum atomic E-state index is 12.7. The van der Waals surface area contributed by atoms with Crippen LogP contribution in [0.5, 0.6) is 0 Å². The fourth-order valence-electron chi connectivity index (χ4n) is 5.30. The number of nitrogens with one attached hydrogen (secondary N) is 1. The summed E-state index contributed by atoms with van der Waals surface area (Å²) in [4.78, 5) is 22.9. The van der Waals surface area contributed by atoms with E-state index in [9.17, 15) is 50.0 Å². The topological polar surface area (TPSA) is 226 Å². The molecule has 0 spiro atoms. The van der Waals surface area contributed by atoms with E-state index in [-0.39, 0.29) is 6.42 Å². The number of phosphoric acid groups is 1. The van der Waals surface area contributed by atoms with Crippen LogP contribution in [0.2, 0.25) is 0 Å². The quantitative estimate of drug-likeness (QED) is 0.0362. The van der Waals surface area contributed by atoms with E-state index >= 15 is 0 Å². The highest BCUT2D eigenvalue weighted by Gasteiger charge is 2.51. The van der Waals surface area contributed by atoms with Gasteiger partial charge in [-0.2, -0.15) is 0 Å². The zero-order valence-corrected chi connectivity index (χ0v) is 29.1. The van der Waals surface area contributed by atoms with Crippen LogP contribution in [-0.2, 0) is 18.4 Å². The molecule has 8 atom stereocenters. The van der Waals surface area contributed by atoms with Crippen molar-refractivity contribution >= 4 is 13.7 Å². The van der Waals surface area contributed by atoms with Crippen molar-refractivity contribution in [2.75, 3.05) is 6.61 Å². The van der Waals surface area contributed by atoms with Crippen LogP contribution in [0, 0.1) is 0 Å². The van der Waals surface area contributed by atoms with Gasteiger partial charge in [0.05, 0.1) is 31.3 Å². The molecule has 1 saturated carbocycles. The minimum Gasteiger partial charge on any atom is -0.393 e. The van der Waals surface area contributed by atoms with E-state index in [1.807, 2.05) is 6.92 Å². The van der Waals surface area contributed by atoms with Crippen molar-refractivity contribution in [1.82, 2.24) is 5.32 Å². The molecular formula is C33H62NO12P. The molecule has 13 nitrogen and oxygen atoms in total. The minimum absolute atomic E-state index is 0.258. The fraction of sp³-hybridized carbons (Fsp3) is 0.848. The Kier molecular flexibility index (Phi) is 23.2. The predicted octanol–water partition coefficient (Wildman–Crippen LogP) is 2.91. The van der Waals surface area contributed by atoms with Crippen molar-refractivity contribution < 1.29 is 59.0 Å². The van der Waals surface area contributed by atoms with Crippen LogP contribution in [0.4, 0.5) is 0 Å². The molecule has 0 saturated heterocycles. The Morgan fingerprint density at radius 1 is 0.745 bits per heavy atom. The number of carbonyl (C=O) groups is 1. The monoisotopic (exact) mass is 695 g/mol. The van der Waals surface area contributed by atoms with Crippen molar-refractivity contribution in [2.24, 2.45) is 0 Å². The van der Waals surface area contributed by atoms with Crippen molar-refractivity contribution in [3.8, 4) is 0 Å². The van der Waals surface area contributed by atoms with Crippen molar-refractivity contribution in [3.05, 3.63) is 24.3 Å². The van der Waals surface area contributed by atoms with Gasteiger partial charge in [-0.15, -0.1) is 0 Å². The lowest BCUT2D eigenvalue weighted by Crippen LogP contribution is -2.64. The molecule has 0 aromatic rings. The van der Waals surface area contributed by atoms with E-state index in [0.717, 1.165) is 38.5 Å². The van der Waals surface area contributed by atoms with E-state index in [1.54, 1.807) is 6.08 Å². The molecule has 0 heterocycles. The normalized spacial score (nSPS) is 26.8. The first-order chi connectivity index (χ1) is 22.3. The molecule has 0 aliphatic heterocycles. The van der Waals surface area contributed by atoms with Gasteiger partial charge in [-0.25, -0.2) is 4.57 Å². The van der Waals surface area contributed by atoms with Gasteiger partial charge in [0.2, 0.25) is 5.91 Å². The van der Waals surface area contributed by atoms with E-state index in [1.165, 1.54) is 51.0 Å². The second-order valence-corrected chi connectivity index (χ2v) is 14.0. The van der Waals surface area contributed by atoms with Gasteiger partial charge in [0.1, 0.15) is 36.6 Å². The highest BCUT2D eigenvalue weighted by Crippen LogP contribution is 2.47. The van der Waals surface area contributed by atoms with Gasteiger partial charge in [-0.3, -0.25) is 13.8 Å². The van der Waals surface area contributed by atoms with Crippen molar-refractivity contribution in [1.29, 1.82) is 0 Å². The third-order valence-electron chi connectivity index (χ3n) is 8.26. The SMILES string of the molecule is CCC/C=C/C(O)C(COP(=O)(O)OC1C(O)C(O)C(O)C(O)C1O)NC(=O)CC(O)CCCCC/C=C\CCCCCCCCC. The third kappa shape index (κ3) is 18.4. The Balaban J connectivity index is 2.50. The van der Waals surface area contributed by atoms with E-state index in [4.69, 9.17) is 9.05 Å². The highest BCUT2D eigenvalue weighted by atomic mass is 31.2. The summed E-state index contributed by atoms with van der Waals surface area (Å²) in [6, 6.07) is -1.24. The number of hydrogen-bond acceptors (Lipinski definition) is 11. The summed E-state index contributed by atoms with van der Waals surface area (Å²) >= 11 is 0. The first-order valence-corrected chi connectivity index (χ1v) is 18.9. The summed E-state index contributed by atoms with van der Waals surface area (Å²) < 4.78 is 22.4. The molecule has 1 rings (SSSR count). The van der Waals surface area contributed by atoms with E-state index in [2.05, 4.69) is 24.4 Å². The molecule has 8 unspecified atom stereocenters. The summed E-state index contributed by atoms with van der Waals surface area (Å²) in [5.74, 6) is -0.616. The lowest BCUT2D eigenvalue weighted by atomic mass is 9.85. The molecule has 47 heavy (non-hydrogen) atoms. The lowest BCUT2D eigenvalue weighted by Gasteiger charge is -2.41. The Bertz CT molecular complexity index is 921. The molecule has 0 aromatic carbocycles. The van der Waals surface area contributed by atoms with Gasteiger partial charge in [-0.05, 0) is 38.5 Å². The lowest BCUT2D eigenvalue weighted by molar-refractivity contribution is -0.220. The van der Waals surface area contributed by atoms with Crippen molar-refractivity contribution in [3.63, 3.8) is 0 Å². The first kappa shape index (κ1) is 43.8. The summed E-state index contributed by atoms with van der Waals surface area (Å²) in [7, 11) is -5.11. The largest absolute Gasteiger partial charge is 0.472 e. The van der Waals surface area contributed by atoms with Gasteiger partial charge in [-0.1, -0.05) is 95.9 Å². The molecular weight excluding hydrogens is 633 g/mol. The summed E-state index contributed by atoms with van der Waals surface area (Å²) in [6.07, 6.45) is 8.60. The molecule has 1 fully saturated rings. The summed E-state index contributed by atoms with van der Waals surface area (Å²) in [5, 5.41) is 73.1. The number of rotatable bonds is 26. The van der Waals surface area contributed by atoms with E-state index in [0.29, 0.717) is 12.8 Å². The zero-order valence-electron chi connectivity index (χ0n) is 28.2. The van der Waals surface area contributed by atoms with Crippen LogP contribution in [0.3, 0.4) is 0 Å². The molecule has 276 valence electrons. The Morgan fingerprint density at radius 3 is 1.85 bits per heavy atom. The molecule has 0 bridgehead atoms. The second-order valence-electron chi connectivity index (χ2n) is 12.5. The number of allylic oxidation sites excluding steroid dienone is 3. The van der Waals surface area contributed by atoms with Gasteiger partial charge in [0.15, 0.2) is 0 Å². The number of amides is 1. The number of aliphatic hydroxyl groups is 7. The molecule has 1 aliphatic carbocycles. The van der Waals surface area contributed by atoms with Crippen LogP contribution in [0.15, 0.2) is 24.3 Å². The molecule has 1 aliphatic rings. The summed E-state index contributed by atoms with van der Waals surface area (Å²) in [5.41, 5.74) is 0. The minimum atomic E-state index is -5.11. The van der Waals surface area contributed by atoms with Crippen LogP contribution in [-0.4, -0.2) is 108 Å². The number of hydrogen-bond donors (Lipinski definition) is 9. The molecule has 0 radical (unpaired) electrons. The molecule has 9 N–H and O–H groups in total. The summed E-state index contributed by atoms with van der Waals surface area (Å²) in [6.45, 7) is 3.41. The van der Waals surface area contributed by atoms with Crippen LogP contribution >= 0.6 is 7.82 Å². The number of carbonyl (C=O) groups excluding carboxylic acids is 1. The molecule has 0 aromatic heterocycles. The average Bonchev–Trinajstić information content (AvgIpc) is 3.03. The Hall–Kier alpha value is -1.22. The molecule has 14 heteroatoms. The molecule has 1 amide bonds. The average molecular weight is 696 g/mol. The maximum Gasteiger partial charge on any atom is 0.472 e. The van der Waals surface area contributed by atoms with Crippen molar-refractivity contribution in [2.45, 2.75) is 171 Å². The Morgan fingerprint density at radius 2 is 1.28 bits per heavy atom. The van der Waals surface area contributed by atoms with Gasteiger partial charge in [0.25, 0.3) is 0 Å². The van der Waals surface area contributed by atoms with Crippen LogP contribution in [0.25, 0.3) is 0 Å². The number of aliphatic hydroxyl groups excluding tert-OH is 7. The smallest absolute Gasteiger partial charge is 0.393 e. The zero-order chi connectivity index (χ0) is 35.2. The van der Waals surface area contributed by atoms with Crippen LogP contribution < -0.4 is 5.32 Å². The maximum absolute atomic E-state index is 12.7. The fourth-order valence-corrected chi connectivity index (χ4v) is 6.26. The standard InChI is InChI=1S/C33H62NO12P/c1-3-5-7-8-9-10-11-12-13-14-15-16-17-19-20-24(35)22-27(37)34-25(26(36)21-18-6-4-2)23-45-47(43,44)46-33-31(41)29(39)28(38)30(40)32(33)42/h13-14,18,21,24-26,28-33,35-36,38-42H,3-12,15-17,19-20,22-23H2,1-2H3,(H,34,37)(H,43,44)/b14-13-,21-18+. The second kappa shape index (κ2) is 24.8. The third-order valence-corrected chi connectivity index (χ3v) is 9.25. The highest BCUT2D eigenvalue weighted by molar-refractivity contribution is 7.47. The van der Waals surface area contributed by atoms with Crippen LogP contribution in [0.1, 0.15) is 117 Å². The predicted molar refractivity (Wildman–Crippen MR) is 178 cm³/mol. The van der Waals surface area contributed by atoms with E-state index < -0.39 is 75.2 Å².